The van der Waals surface area contributed by atoms with Crippen LogP contribution in [0.15, 0.2) is 0 Å². The average molecular weight is 210 g/mol. The first-order chi connectivity index (χ1) is 6.34. The predicted molar refractivity (Wildman–Crippen MR) is 43.9 cm³/mol. The van der Waals surface area contributed by atoms with E-state index in [9.17, 15) is 18.4 Å². The van der Waals surface area contributed by atoms with E-state index in [2.05, 4.69) is 0 Å². The van der Waals surface area contributed by atoms with Crippen LogP contribution in [-0.2, 0) is 9.59 Å². The molecule has 0 aromatic heterocycles. The van der Waals surface area contributed by atoms with Gasteiger partial charge in [0.2, 0.25) is 5.91 Å². The first kappa shape index (κ1) is 12.8. The summed E-state index contributed by atoms with van der Waals surface area (Å²) in [6.45, 7) is -0.744. The molecule has 0 aliphatic heterocycles. The number of rotatable bonds is 5. The summed E-state index contributed by atoms with van der Waals surface area (Å²) in [7, 11) is 1.15. The molecule has 1 atom stereocenters. The van der Waals surface area contributed by atoms with Crippen molar-refractivity contribution in [2.75, 3.05) is 13.6 Å². The number of nitrogens with two attached hydrogens (primary N) is 1. The summed E-state index contributed by atoms with van der Waals surface area (Å²) >= 11 is 0. The van der Waals surface area contributed by atoms with Crippen LogP contribution >= 0.6 is 0 Å². The molecule has 0 spiro atoms. The average Bonchev–Trinajstić information content (AvgIpc) is 2.00. The Labute approximate surface area is 79.5 Å². The van der Waals surface area contributed by atoms with E-state index in [1.165, 1.54) is 0 Å². The molecule has 5 nitrogen and oxygen atoms in total. The fourth-order valence-electron chi connectivity index (χ4n) is 0.856. The monoisotopic (exact) mass is 210 g/mol. The molecular formula is C7H12F2N2O3. The minimum Gasteiger partial charge on any atom is -0.481 e. The molecular weight excluding hydrogens is 198 g/mol. The number of carbonyl (C=O) groups is 2. The van der Waals surface area contributed by atoms with Crippen molar-refractivity contribution in [2.45, 2.75) is 18.9 Å². The third kappa shape index (κ3) is 4.70. The van der Waals surface area contributed by atoms with Crippen molar-refractivity contribution in [2.24, 2.45) is 5.73 Å². The van der Waals surface area contributed by atoms with Crippen LogP contribution in [-0.4, -0.2) is 47.9 Å². The molecule has 7 heteroatoms. The molecule has 0 aromatic rings. The molecule has 0 radical (unpaired) electrons. The van der Waals surface area contributed by atoms with Gasteiger partial charge in [0.1, 0.15) is 0 Å². The number of carboxylic acid groups (broad SMARTS) is 1. The van der Waals surface area contributed by atoms with Crippen molar-refractivity contribution in [1.29, 1.82) is 0 Å². The highest BCUT2D eigenvalue weighted by Gasteiger charge is 2.22. The van der Waals surface area contributed by atoms with E-state index >= 15 is 0 Å². The number of carboxylic acids is 1. The molecule has 1 unspecified atom stereocenters. The van der Waals surface area contributed by atoms with Gasteiger partial charge in [-0.2, -0.15) is 0 Å². The van der Waals surface area contributed by atoms with E-state index in [4.69, 9.17) is 10.8 Å². The summed E-state index contributed by atoms with van der Waals surface area (Å²) < 4.78 is 23.6. The summed E-state index contributed by atoms with van der Waals surface area (Å²) in [5.74, 6) is -2.04. The Bertz CT molecular complexity index is 223. The predicted octanol–water partition coefficient (Wildman–Crippen LogP) is -0.488. The summed E-state index contributed by atoms with van der Waals surface area (Å²) in [6, 6.07) is -1.27. The van der Waals surface area contributed by atoms with Gasteiger partial charge in [0.05, 0.1) is 19.0 Å². The molecule has 0 saturated heterocycles. The smallest absolute Gasteiger partial charge is 0.305 e. The largest absolute Gasteiger partial charge is 0.481 e. The zero-order chi connectivity index (χ0) is 11.3. The second kappa shape index (κ2) is 5.48. The highest BCUT2D eigenvalue weighted by Crippen LogP contribution is 2.00. The number of alkyl halides is 2. The summed E-state index contributed by atoms with van der Waals surface area (Å²) in [5, 5.41) is 8.30. The number of carbonyl (C=O) groups excluding carboxylic acids is 1. The lowest BCUT2D eigenvalue weighted by Gasteiger charge is -2.19. The lowest BCUT2D eigenvalue weighted by molar-refractivity contribution is -0.142. The van der Waals surface area contributed by atoms with Crippen LogP contribution in [0.1, 0.15) is 6.42 Å². The molecule has 0 aromatic carbocycles. The first-order valence-electron chi connectivity index (χ1n) is 3.85. The van der Waals surface area contributed by atoms with Gasteiger partial charge in [-0.1, -0.05) is 0 Å². The highest BCUT2D eigenvalue weighted by atomic mass is 19.3. The van der Waals surface area contributed by atoms with Crippen molar-refractivity contribution >= 4 is 11.9 Å². The molecule has 0 aliphatic carbocycles. The molecule has 3 N–H and O–H groups in total. The lowest BCUT2D eigenvalue weighted by atomic mass is 10.2. The quantitative estimate of drug-likeness (QED) is 0.641. The Hall–Kier alpha value is -1.24. The molecule has 1 amide bonds. The molecule has 82 valence electrons. The number of hydrogen-bond acceptors (Lipinski definition) is 3. The fourth-order valence-corrected chi connectivity index (χ4v) is 0.856. The molecule has 0 bridgehead atoms. The van der Waals surface area contributed by atoms with Crippen LogP contribution in [0.3, 0.4) is 0 Å². The van der Waals surface area contributed by atoms with Crippen LogP contribution in [0.5, 0.6) is 0 Å². The van der Waals surface area contributed by atoms with Gasteiger partial charge in [-0.15, -0.1) is 0 Å². The van der Waals surface area contributed by atoms with Crippen LogP contribution < -0.4 is 5.73 Å². The molecule has 0 fully saturated rings. The number of likely N-dealkylation sites (N-methyl/N-ethyl adjacent to an activating group) is 1. The number of nitrogens with zero attached hydrogens (tertiary/aromatic N) is 1. The van der Waals surface area contributed by atoms with E-state index < -0.39 is 37.3 Å². The minimum atomic E-state index is -2.65. The van der Waals surface area contributed by atoms with E-state index in [1.54, 1.807) is 0 Å². The van der Waals surface area contributed by atoms with Crippen LogP contribution in [0.2, 0.25) is 0 Å². The van der Waals surface area contributed by atoms with Gasteiger partial charge in [-0.05, 0) is 0 Å². The van der Waals surface area contributed by atoms with Gasteiger partial charge >= 0.3 is 5.97 Å². The van der Waals surface area contributed by atoms with Gasteiger partial charge in [-0.25, -0.2) is 8.78 Å². The van der Waals surface area contributed by atoms with Crippen molar-refractivity contribution in [3.05, 3.63) is 0 Å². The van der Waals surface area contributed by atoms with E-state index in [0.717, 1.165) is 11.9 Å². The topological polar surface area (TPSA) is 83.6 Å². The van der Waals surface area contributed by atoms with E-state index in [-0.39, 0.29) is 0 Å². The van der Waals surface area contributed by atoms with E-state index in [1.807, 2.05) is 0 Å². The fraction of sp³-hybridized carbons (Fsp3) is 0.714. The Morgan fingerprint density at radius 2 is 2.00 bits per heavy atom. The SMILES string of the molecule is CN(CC(F)F)C(=O)C(N)CC(=O)O. The third-order valence-electron chi connectivity index (χ3n) is 1.50. The first-order valence-corrected chi connectivity index (χ1v) is 3.85. The van der Waals surface area contributed by atoms with Crippen molar-refractivity contribution < 1.29 is 23.5 Å². The normalized spacial score (nSPS) is 12.6. The van der Waals surface area contributed by atoms with Crippen LogP contribution in [0.25, 0.3) is 0 Å². The third-order valence-corrected chi connectivity index (χ3v) is 1.50. The van der Waals surface area contributed by atoms with Gasteiger partial charge in [0, 0.05) is 7.05 Å². The van der Waals surface area contributed by atoms with Gasteiger partial charge in [-0.3, -0.25) is 9.59 Å². The highest BCUT2D eigenvalue weighted by molar-refractivity contribution is 5.85. The Morgan fingerprint density at radius 1 is 1.50 bits per heavy atom. The Kier molecular flexibility index (Phi) is 5.00. The van der Waals surface area contributed by atoms with Gasteiger partial charge < -0.3 is 15.7 Å². The summed E-state index contributed by atoms with van der Waals surface area (Å²) in [5.41, 5.74) is 5.18. The molecule has 0 heterocycles. The van der Waals surface area contributed by atoms with E-state index in [0.29, 0.717) is 0 Å². The Balaban J connectivity index is 4.10. The van der Waals surface area contributed by atoms with Crippen molar-refractivity contribution in [3.63, 3.8) is 0 Å². The Morgan fingerprint density at radius 3 is 2.36 bits per heavy atom. The number of amides is 1. The maximum absolute atomic E-state index is 11.8. The van der Waals surface area contributed by atoms with Crippen LogP contribution in [0.4, 0.5) is 8.78 Å². The van der Waals surface area contributed by atoms with Gasteiger partial charge in [0.15, 0.2) is 0 Å². The molecule has 0 saturated carbocycles. The molecule has 14 heavy (non-hydrogen) atoms. The maximum Gasteiger partial charge on any atom is 0.305 e. The van der Waals surface area contributed by atoms with Crippen molar-refractivity contribution in [1.82, 2.24) is 4.90 Å². The zero-order valence-corrected chi connectivity index (χ0v) is 7.61. The van der Waals surface area contributed by atoms with Crippen molar-refractivity contribution in [3.8, 4) is 0 Å². The molecule has 0 rings (SSSR count). The van der Waals surface area contributed by atoms with Crippen LogP contribution in [0, 0.1) is 0 Å². The lowest BCUT2D eigenvalue weighted by Crippen LogP contribution is -2.44. The second-order valence-corrected chi connectivity index (χ2v) is 2.81. The number of halogens is 2. The summed E-state index contributed by atoms with van der Waals surface area (Å²) in [6.07, 6.45) is -3.21. The zero-order valence-electron chi connectivity index (χ0n) is 7.61. The standard InChI is InChI=1S/C7H12F2N2O3/c1-11(3-5(8)9)7(14)4(10)2-6(12)13/h4-5H,2-3,10H2,1H3,(H,12,13). The molecule has 0 aliphatic rings. The van der Waals surface area contributed by atoms with Gasteiger partial charge in [0.25, 0.3) is 6.43 Å². The minimum absolute atomic E-state index is 0.563. The number of aliphatic carboxylic acids is 1. The summed E-state index contributed by atoms with van der Waals surface area (Å²) in [4.78, 5) is 22.0. The second-order valence-electron chi connectivity index (χ2n) is 2.81. The number of hydrogen-bond donors (Lipinski definition) is 2. The maximum atomic E-state index is 11.8.